The summed E-state index contributed by atoms with van der Waals surface area (Å²) in [7, 11) is 1.79. The number of carbonyl (C=O) groups excluding carboxylic acids is 1. The minimum atomic E-state index is -0.0706. The van der Waals surface area contributed by atoms with E-state index in [1.54, 1.807) is 30.3 Å². The van der Waals surface area contributed by atoms with Crippen molar-refractivity contribution in [1.82, 2.24) is 9.88 Å². The molecular formula is C12H17ClN2O. The molecule has 1 rings (SSSR count). The Balaban J connectivity index is 2.67. The molecule has 0 aliphatic rings. The SMILES string of the molecule is CC(C)CCN(C)C(=O)c1cccnc1Cl. The third-order valence-corrected chi connectivity index (χ3v) is 2.68. The van der Waals surface area contributed by atoms with Crippen LogP contribution in [0, 0.1) is 5.92 Å². The summed E-state index contributed by atoms with van der Waals surface area (Å²) in [6.45, 7) is 5.01. The smallest absolute Gasteiger partial charge is 0.256 e. The second-order valence-electron chi connectivity index (χ2n) is 4.25. The topological polar surface area (TPSA) is 33.2 Å². The first-order chi connectivity index (χ1) is 7.52. The van der Waals surface area contributed by atoms with Gasteiger partial charge in [-0.2, -0.15) is 0 Å². The molecule has 88 valence electrons. The molecule has 0 aliphatic heterocycles. The van der Waals surface area contributed by atoms with Crippen molar-refractivity contribution in [3.8, 4) is 0 Å². The van der Waals surface area contributed by atoms with E-state index in [0.29, 0.717) is 11.5 Å². The second-order valence-corrected chi connectivity index (χ2v) is 4.61. The summed E-state index contributed by atoms with van der Waals surface area (Å²) in [6, 6.07) is 3.42. The Kier molecular flexibility index (Phi) is 4.74. The van der Waals surface area contributed by atoms with Crippen molar-refractivity contribution in [2.75, 3.05) is 13.6 Å². The second kappa shape index (κ2) is 5.85. The van der Waals surface area contributed by atoms with Crippen LogP contribution in [0.5, 0.6) is 0 Å². The van der Waals surface area contributed by atoms with Gasteiger partial charge in [-0.3, -0.25) is 4.79 Å². The molecule has 0 aromatic carbocycles. The van der Waals surface area contributed by atoms with Crippen molar-refractivity contribution >= 4 is 17.5 Å². The van der Waals surface area contributed by atoms with Crippen LogP contribution in [-0.2, 0) is 0 Å². The molecule has 0 bridgehead atoms. The average Bonchev–Trinajstić information content (AvgIpc) is 2.25. The van der Waals surface area contributed by atoms with Crippen LogP contribution in [0.4, 0.5) is 0 Å². The monoisotopic (exact) mass is 240 g/mol. The van der Waals surface area contributed by atoms with E-state index >= 15 is 0 Å². The van der Waals surface area contributed by atoms with E-state index in [9.17, 15) is 4.79 Å². The zero-order chi connectivity index (χ0) is 12.1. The minimum Gasteiger partial charge on any atom is -0.342 e. The maximum absolute atomic E-state index is 12.0. The van der Waals surface area contributed by atoms with Crippen LogP contribution in [0.25, 0.3) is 0 Å². The van der Waals surface area contributed by atoms with Crippen LogP contribution in [0.2, 0.25) is 5.15 Å². The third-order valence-electron chi connectivity index (χ3n) is 2.38. The van der Waals surface area contributed by atoms with Crippen LogP contribution < -0.4 is 0 Å². The lowest BCUT2D eigenvalue weighted by Crippen LogP contribution is -2.28. The predicted molar refractivity (Wildman–Crippen MR) is 65.7 cm³/mol. The highest BCUT2D eigenvalue weighted by Crippen LogP contribution is 2.14. The van der Waals surface area contributed by atoms with Gasteiger partial charge in [-0.1, -0.05) is 25.4 Å². The summed E-state index contributed by atoms with van der Waals surface area (Å²) in [5.74, 6) is 0.512. The molecule has 0 radical (unpaired) electrons. The Morgan fingerprint density at radius 2 is 2.25 bits per heavy atom. The molecule has 0 fully saturated rings. The first-order valence-electron chi connectivity index (χ1n) is 5.38. The van der Waals surface area contributed by atoms with Gasteiger partial charge in [0.2, 0.25) is 0 Å². The highest BCUT2D eigenvalue weighted by atomic mass is 35.5. The molecule has 3 nitrogen and oxygen atoms in total. The standard InChI is InChI=1S/C12H17ClN2O/c1-9(2)6-8-15(3)12(16)10-5-4-7-14-11(10)13/h4-5,7,9H,6,8H2,1-3H3. The van der Waals surface area contributed by atoms with Gasteiger partial charge in [0.1, 0.15) is 5.15 Å². The summed E-state index contributed by atoms with van der Waals surface area (Å²) in [4.78, 5) is 17.6. The molecule has 1 aromatic rings. The Bertz CT molecular complexity index is 366. The lowest BCUT2D eigenvalue weighted by Gasteiger charge is -2.18. The molecule has 0 spiro atoms. The number of nitrogens with zero attached hydrogens (tertiary/aromatic N) is 2. The molecule has 0 aliphatic carbocycles. The summed E-state index contributed by atoms with van der Waals surface area (Å²) in [6.07, 6.45) is 2.56. The number of rotatable bonds is 4. The van der Waals surface area contributed by atoms with Crippen molar-refractivity contribution in [3.63, 3.8) is 0 Å². The lowest BCUT2D eigenvalue weighted by atomic mass is 10.1. The summed E-state index contributed by atoms with van der Waals surface area (Å²) >= 11 is 5.87. The molecule has 0 N–H and O–H groups in total. The van der Waals surface area contributed by atoms with Gasteiger partial charge >= 0.3 is 0 Å². The predicted octanol–water partition coefficient (Wildman–Crippen LogP) is 2.85. The van der Waals surface area contributed by atoms with E-state index in [2.05, 4.69) is 18.8 Å². The van der Waals surface area contributed by atoms with Gasteiger partial charge in [0.25, 0.3) is 5.91 Å². The number of amides is 1. The Hall–Kier alpha value is -1.09. The van der Waals surface area contributed by atoms with E-state index in [1.807, 2.05) is 0 Å². The number of pyridine rings is 1. The average molecular weight is 241 g/mol. The Labute approximate surface area is 101 Å². The summed E-state index contributed by atoms with van der Waals surface area (Å²) in [5, 5.41) is 0.267. The van der Waals surface area contributed by atoms with Crippen molar-refractivity contribution in [1.29, 1.82) is 0 Å². The minimum absolute atomic E-state index is 0.0706. The van der Waals surface area contributed by atoms with Gasteiger partial charge in [-0.15, -0.1) is 0 Å². The summed E-state index contributed by atoms with van der Waals surface area (Å²) < 4.78 is 0. The van der Waals surface area contributed by atoms with Crippen molar-refractivity contribution in [3.05, 3.63) is 29.0 Å². The zero-order valence-electron chi connectivity index (χ0n) is 9.90. The molecule has 0 saturated carbocycles. The zero-order valence-corrected chi connectivity index (χ0v) is 10.7. The van der Waals surface area contributed by atoms with Gasteiger partial charge in [-0.05, 0) is 24.5 Å². The van der Waals surface area contributed by atoms with Crippen LogP contribution in [0.3, 0.4) is 0 Å². The number of carbonyl (C=O) groups is 1. The molecule has 1 aromatic heterocycles. The maximum Gasteiger partial charge on any atom is 0.256 e. The van der Waals surface area contributed by atoms with E-state index < -0.39 is 0 Å². The van der Waals surface area contributed by atoms with E-state index in [4.69, 9.17) is 11.6 Å². The number of hydrogen-bond donors (Lipinski definition) is 0. The van der Waals surface area contributed by atoms with Crippen LogP contribution in [0.15, 0.2) is 18.3 Å². The molecule has 1 amide bonds. The fourth-order valence-electron chi connectivity index (χ4n) is 1.30. The van der Waals surface area contributed by atoms with Crippen molar-refractivity contribution in [2.24, 2.45) is 5.92 Å². The lowest BCUT2D eigenvalue weighted by molar-refractivity contribution is 0.0789. The Morgan fingerprint density at radius 3 is 2.81 bits per heavy atom. The largest absolute Gasteiger partial charge is 0.342 e. The van der Waals surface area contributed by atoms with Crippen LogP contribution in [0.1, 0.15) is 30.6 Å². The van der Waals surface area contributed by atoms with Crippen molar-refractivity contribution < 1.29 is 4.79 Å². The highest BCUT2D eigenvalue weighted by Gasteiger charge is 2.15. The molecule has 4 heteroatoms. The van der Waals surface area contributed by atoms with Gasteiger partial charge in [0.05, 0.1) is 5.56 Å². The quantitative estimate of drug-likeness (QED) is 0.759. The molecule has 16 heavy (non-hydrogen) atoms. The first-order valence-corrected chi connectivity index (χ1v) is 5.76. The highest BCUT2D eigenvalue weighted by molar-refractivity contribution is 6.32. The fourth-order valence-corrected chi connectivity index (χ4v) is 1.50. The van der Waals surface area contributed by atoms with Crippen LogP contribution >= 0.6 is 11.6 Å². The molecule has 0 atom stereocenters. The van der Waals surface area contributed by atoms with Crippen molar-refractivity contribution in [2.45, 2.75) is 20.3 Å². The summed E-state index contributed by atoms with van der Waals surface area (Å²) in [5.41, 5.74) is 0.468. The van der Waals surface area contributed by atoms with Gasteiger partial charge in [-0.25, -0.2) is 4.98 Å². The number of hydrogen-bond acceptors (Lipinski definition) is 2. The maximum atomic E-state index is 12.0. The van der Waals surface area contributed by atoms with E-state index in [1.165, 1.54) is 0 Å². The molecule has 1 heterocycles. The van der Waals surface area contributed by atoms with Gasteiger partial charge in [0.15, 0.2) is 0 Å². The third kappa shape index (κ3) is 3.49. The fraction of sp³-hybridized carbons (Fsp3) is 0.500. The van der Waals surface area contributed by atoms with Gasteiger partial charge < -0.3 is 4.90 Å². The normalized spacial score (nSPS) is 10.6. The molecular weight excluding hydrogens is 224 g/mol. The Morgan fingerprint density at radius 1 is 1.56 bits per heavy atom. The van der Waals surface area contributed by atoms with E-state index in [0.717, 1.165) is 13.0 Å². The molecule has 0 saturated heterocycles. The first kappa shape index (κ1) is 13.0. The van der Waals surface area contributed by atoms with Crippen LogP contribution in [-0.4, -0.2) is 29.4 Å². The molecule has 0 unspecified atom stereocenters. The van der Waals surface area contributed by atoms with E-state index in [-0.39, 0.29) is 11.1 Å². The number of aromatic nitrogens is 1. The van der Waals surface area contributed by atoms with Gasteiger partial charge in [0, 0.05) is 19.8 Å². The number of halogens is 1.